The first-order valence-corrected chi connectivity index (χ1v) is 6.35. The molecule has 0 atom stereocenters. The van der Waals surface area contributed by atoms with Crippen molar-refractivity contribution in [2.24, 2.45) is 0 Å². The summed E-state index contributed by atoms with van der Waals surface area (Å²) in [5.41, 5.74) is 8.31. The van der Waals surface area contributed by atoms with Crippen LogP contribution in [0.4, 0.5) is 5.69 Å². The molecule has 1 aromatic carbocycles. The second-order valence-electron chi connectivity index (χ2n) is 4.36. The number of hydrogen-bond acceptors (Lipinski definition) is 5. The number of nitrogens with two attached hydrogens (primary N) is 1. The average Bonchev–Trinajstić information content (AvgIpc) is 2.97. The predicted octanol–water partition coefficient (Wildman–Crippen LogP) is 1.87. The first-order chi connectivity index (χ1) is 9.76. The number of aromatic nitrogens is 5. The highest BCUT2D eigenvalue weighted by atomic mass is 15.4. The van der Waals surface area contributed by atoms with Crippen molar-refractivity contribution in [3.8, 4) is 17.2 Å². The van der Waals surface area contributed by atoms with Gasteiger partial charge < -0.3 is 5.73 Å². The molecule has 0 fully saturated rings. The van der Waals surface area contributed by atoms with E-state index in [0.717, 1.165) is 17.7 Å². The molecular weight excluding hydrogens is 252 g/mol. The number of anilines is 1. The molecular formula is C14H14N6. The Balaban J connectivity index is 1.97. The van der Waals surface area contributed by atoms with Gasteiger partial charge >= 0.3 is 0 Å². The molecule has 3 rings (SSSR count). The molecule has 100 valence electrons. The molecule has 2 N–H and O–H groups in total. The smallest absolute Gasteiger partial charge is 0.181 e. The Labute approximate surface area is 116 Å². The van der Waals surface area contributed by atoms with E-state index in [1.54, 1.807) is 11.0 Å². The Morgan fingerprint density at radius 2 is 2.05 bits per heavy atom. The maximum Gasteiger partial charge on any atom is 0.181 e. The SMILES string of the molecule is CCc1cc(-n2cnc(-c3cccc(N)c3)n2)ncn1. The van der Waals surface area contributed by atoms with Crippen LogP contribution < -0.4 is 5.73 Å². The van der Waals surface area contributed by atoms with E-state index < -0.39 is 0 Å². The zero-order chi connectivity index (χ0) is 13.9. The van der Waals surface area contributed by atoms with Crippen molar-refractivity contribution in [3.05, 3.63) is 48.7 Å². The third kappa shape index (κ3) is 2.35. The summed E-state index contributed by atoms with van der Waals surface area (Å²) in [6.07, 6.45) is 4.03. The van der Waals surface area contributed by atoms with Crippen molar-refractivity contribution in [2.75, 3.05) is 5.73 Å². The molecule has 3 aromatic rings. The van der Waals surface area contributed by atoms with Gasteiger partial charge in [-0.2, -0.15) is 0 Å². The fraction of sp³-hybridized carbons (Fsp3) is 0.143. The number of hydrogen-bond donors (Lipinski definition) is 1. The highest BCUT2D eigenvalue weighted by Gasteiger charge is 2.07. The Bertz CT molecular complexity index is 734. The summed E-state index contributed by atoms with van der Waals surface area (Å²) in [7, 11) is 0. The molecule has 0 bridgehead atoms. The maximum absolute atomic E-state index is 5.77. The Hall–Kier alpha value is -2.76. The van der Waals surface area contributed by atoms with Gasteiger partial charge in [-0.1, -0.05) is 19.1 Å². The molecule has 0 amide bonds. The van der Waals surface area contributed by atoms with Crippen molar-refractivity contribution in [2.45, 2.75) is 13.3 Å². The summed E-state index contributed by atoms with van der Waals surface area (Å²) in [4.78, 5) is 12.7. The van der Waals surface area contributed by atoms with Gasteiger partial charge in [0.2, 0.25) is 0 Å². The molecule has 0 aliphatic heterocycles. The minimum Gasteiger partial charge on any atom is -0.399 e. The van der Waals surface area contributed by atoms with Crippen LogP contribution >= 0.6 is 0 Å². The summed E-state index contributed by atoms with van der Waals surface area (Å²) in [6, 6.07) is 9.38. The van der Waals surface area contributed by atoms with E-state index in [1.165, 1.54) is 6.33 Å². The van der Waals surface area contributed by atoms with Crippen molar-refractivity contribution in [1.29, 1.82) is 0 Å². The van der Waals surface area contributed by atoms with Crippen LogP contribution in [-0.2, 0) is 6.42 Å². The molecule has 20 heavy (non-hydrogen) atoms. The van der Waals surface area contributed by atoms with Crippen molar-refractivity contribution >= 4 is 5.69 Å². The molecule has 0 saturated heterocycles. The third-order valence-electron chi connectivity index (χ3n) is 2.94. The number of aryl methyl sites for hydroxylation is 1. The van der Waals surface area contributed by atoms with Crippen molar-refractivity contribution in [1.82, 2.24) is 24.7 Å². The zero-order valence-corrected chi connectivity index (χ0v) is 11.1. The van der Waals surface area contributed by atoms with E-state index in [4.69, 9.17) is 5.73 Å². The molecule has 0 radical (unpaired) electrons. The van der Waals surface area contributed by atoms with E-state index in [1.807, 2.05) is 37.3 Å². The molecule has 6 nitrogen and oxygen atoms in total. The van der Waals surface area contributed by atoms with Gasteiger partial charge in [-0.15, -0.1) is 5.10 Å². The number of rotatable bonds is 3. The van der Waals surface area contributed by atoms with Gasteiger partial charge in [-0.05, 0) is 18.6 Å². The summed E-state index contributed by atoms with van der Waals surface area (Å²) in [5, 5.41) is 4.43. The van der Waals surface area contributed by atoms with Crippen LogP contribution in [0.2, 0.25) is 0 Å². The largest absolute Gasteiger partial charge is 0.399 e. The zero-order valence-electron chi connectivity index (χ0n) is 11.1. The van der Waals surface area contributed by atoms with Gasteiger partial charge in [0.05, 0.1) is 0 Å². The third-order valence-corrected chi connectivity index (χ3v) is 2.94. The first-order valence-electron chi connectivity index (χ1n) is 6.35. The van der Waals surface area contributed by atoms with Crippen LogP contribution in [0.15, 0.2) is 43.0 Å². The lowest BCUT2D eigenvalue weighted by molar-refractivity contribution is 0.829. The first kappa shape index (κ1) is 12.3. The van der Waals surface area contributed by atoms with Crippen LogP contribution in [0.1, 0.15) is 12.6 Å². The van der Waals surface area contributed by atoms with Crippen molar-refractivity contribution < 1.29 is 0 Å². The molecule has 0 aliphatic carbocycles. The average molecular weight is 266 g/mol. The minimum absolute atomic E-state index is 0.619. The van der Waals surface area contributed by atoms with E-state index >= 15 is 0 Å². The standard InChI is InChI=1S/C14H14N6/c1-2-12-7-13(17-8-16-12)20-9-18-14(19-20)10-4-3-5-11(15)6-10/h3-9H,2,15H2,1H3. The molecule has 0 saturated carbocycles. The summed E-state index contributed by atoms with van der Waals surface area (Å²) in [6.45, 7) is 2.05. The van der Waals surface area contributed by atoms with Gasteiger partial charge in [-0.3, -0.25) is 0 Å². The quantitative estimate of drug-likeness (QED) is 0.732. The Morgan fingerprint density at radius 3 is 2.85 bits per heavy atom. The number of benzene rings is 1. The molecule has 0 spiro atoms. The summed E-state index contributed by atoms with van der Waals surface area (Å²) < 4.78 is 1.64. The van der Waals surface area contributed by atoms with E-state index in [9.17, 15) is 0 Å². The molecule has 2 heterocycles. The Morgan fingerprint density at radius 1 is 1.15 bits per heavy atom. The normalized spacial score (nSPS) is 10.7. The fourth-order valence-corrected chi connectivity index (χ4v) is 1.89. The summed E-state index contributed by atoms with van der Waals surface area (Å²) in [5.74, 6) is 1.33. The highest BCUT2D eigenvalue weighted by Crippen LogP contribution is 2.17. The topological polar surface area (TPSA) is 82.5 Å². The monoisotopic (exact) mass is 266 g/mol. The van der Waals surface area contributed by atoms with Gasteiger partial charge in [0.25, 0.3) is 0 Å². The maximum atomic E-state index is 5.77. The second-order valence-corrected chi connectivity index (χ2v) is 4.36. The highest BCUT2D eigenvalue weighted by molar-refractivity contribution is 5.60. The van der Waals surface area contributed by atoms with Crippen LogP contribution in [-0.4, -0.2) is 24.7 Å². The van der Waals surface area contributed by atoms with Crippen LogP contribution in [0, 0.1) is 0 Å². The van der Waals surface area contributed by atoms with Gasteiger partial charge in [0.15, 0.2) is 11.6 Å². The lowest BCUT2D eigenvalue weighted by atomic mass is 10.2. The van der Waals surface area contributed by atoms with Crippen LogP contribution in [0.25, 0.3) is 17.2 Å². The van der Waals surface area contributed by atoms with Gasteiger partial charge in [0, 0.05) is 23.0 Å². The minimum atomic E-state index is 0.619. The van der Waals surface area contributed by atoms with E-state index in [0.29, 0.717) is 17.3 Å². The number of nitrogens with zero attached hydrogens (tertiary/aromatic N) is 5. The van der Waals surface area contributed by atoms with Crippen molar-refractivity contribution in [3.63, 3.8) is 0 Å². The number of nitrogen functional groups attached to an aromatic ring is 1. The lowest BCUT2D eigenvalue weighted by Crippen LogP contribution is -2.01. The predicted molar refractivity (Wildman–Crippen MR) is 76.2 cm³/mol. The lowest BCUT2D eigenvalue weighted by Gasteiger charge is -2.01. The molecule has 2 aromatic heterocycles. The fourth-order valence-electron chi connectivity index (χ4n) is 1.89. The Kier molecular flexibility index (Phi) is 3.12. The molecule has 6 heteroatoms. The second kappa shape index (κ2) is 5.08. The van der Waals surface area contributed by atoms with Crippen LogP contribution in [0.3, 0.4) is 0 Å². The van der Waals surface area contributed by atoms with E-state index in [-0.39, 0.29) is 0 Å². The molecule has 0 aliphatic rings. The van der Waals surface area contributed by atoms with Gasteiger partial charge in [-0.25, -0.2) is 19.6 Å². The van der Waals surface area contributed by atoms with Gasteiger partial charge in [0.1, 0.15) is 12.7 Å². The molecule has 0 unspecified atom stereocenters. The summed E-state index contributed by atoms with van der Waals surface area (Å²) >= 11 is 0. The van der Waals surface area contributed by atoms with E-state index in [2.05, 4.69) is 20.1 Å². The van der Waals surface area contributed by atoms with Crippen LogP contribution in [0.5, 0.6) is 0 Å².